The molecule has 0 aromatic carbocycles. The molecular weight excluding hydrogens is 320 g/mol. The summed E-state index contributed by atoms with van der Waals surface area (Å²) in [6.07, 6.45) is 5.56. The molecule has 1 aliphatic heterocycles. The maximum absolute atomic E-state index is 5.62. The van der Waals surface area contributed by atoms with Crippen molar-refractivity contribution in [1.29, 1.82) is 0 Å². The van der Waals surface area contributed by atoms with Crippen molar-refractivity contribution in [3.05, 3.63) is 78.3 Å². The van der Waals surface area contributed by atoms with Gasteiger partial charge >= 0.3 is 0 Å². The maximum atomic E-state index is 5.62. The van der Waals surface area contributed by atoms with Gasteiger partial charge in [-0.3, -0.25) is 4.98 Å². The normalized spacial score (nSPS) is 20.4. The van der Waals surface area contributed by atoms with Crippen LogP contribution in [0, 0.1) is 0 Å². The Kier molecular flexibility index (Phi) is 3.82. The molecule has 3 aromatic rings. The molecule has 1 fully saturated rings. The van der Waals surface area contributed by atoms with E-state index in [0.717, 1.165) is 11.5 Å². The molecule has 0 aliphatic carbocycles. The molecule has 5 nitrogen and oxygen atoms in total. The lowest BCUT2D eigenvalue weighted by Crippen LogP contribution is -2.29. The largest absolute Gasteiger partial charge is 0.467 e. The standard InChI is InChI=1S/C18H18N4OS/c1-21-10-4-8-15(21)17-16(14-7-2-3-9-19-14)20-18(24)22(17)12-13-6-5-11-23-13/h2-11,16-17H,12H2,1H3,(H,20,24). The Labute approximate surface area is 145 Å². The summed E-state index contributed by atoms with van der Waals surface area (Å²) in [4.78, 5) is 6.70. The first-order valence-electron chi connectivity index (χ1n) is 7.86. The van der Waals surface area contributed by atoms with E-state index in [1.807, 2.05) is 36.5 Å². The quantitative estimate of drug-likeness (QED) is 0.740. The van der Waals surface area contributed by atoms with E-state index in [0.29, 0.717) is 11.7 Å². The topological polar surface area (TPSA) is 46.2 Å². The van der Waals surface area contributed by atoms with Crippen LogP contribution in [0.4, 0.5) is 0 Å². The van der Waals surface area contributed by atoms with Gasteiger partial charge in [0.2, 0.25) is 0 Å². The van der Waals surface area contributed by atoms with Gasteiger partial charge < -0.3 is 19.2 Å². The van der Waals surface area contributed by atoms with E-state index >= 15 is 0 Å². The van der Waals surface area contributed by atoms with Crippen LogP contribution in [0.15, 0.2) is 65.5 Å². The second kappa shape index (κ2) is 6.13. The van der Waals surface area contributed by atoms with Crippen molar-refractivity contribution >= 4 is 17.3 Å². The number of pyridine rings is 1. The molecule has 122 valence electrons. The predicted octanol–water partition coefficient (Wildman–Crippen LogP) is 3.19. The van der Waals surface area contributed by atoms with Crippen LogP contribution in [0.3, 0.4) is 0 Å². The number of hydrogen-bond donors (Lipinski definition) is 1. The number of thiocarbonyl (C=S) groups is 1. The summed E-state index contributed by atoms with van der Waals surface area (Å²) in [5.74, 6) is 0.889. The number of rotatable bonds is 4. The fraction of sp³-hybridized carbons (Fsp3) is 0.222. The van der Waals surface area contributed by atoms with Gasteiger partial charge in [0.25, 0.3) is 0 Å². The number of hydrogen-bond acceptors (Lipinski definition) is 3. The SMILES string of the molecule is Cn1cccc1C1C(c2ccccn2)NC(=S)N1Cc1ccco1. The zero-order chi connectivity index (χ0) is 16.5. The summed E-state index contributed by atoms with van der Waals surface area (Å²) >= 11 is 5.62. The first-order valence-corrected chi connectivity index (χ1v) is 8.26. The van der Waals surface area contributed by atoms with E-state index in [-0.39, 0.29) is 12.1 Å². The number of nitrogens with one attached hydrogen (secondary N) is 1. The molecule has 0 amide bonds. The summed E-state index contributed by atoms with van der Waals surface area (Å²) < 4.78 is 7.66. The van der Waals surface area contributed by atoms with E-state index in [1.165, 1.54) is 5.69 Å². The van der Waals surface area contributed by atoms with Crippen LogP contribution in [-0.2, 0) is 13.6 Å². The molecule has 6 heteroatoms. The molecule has 1 N–H and O–H groups in total. The lowest BCUT2D eigenvalue weighted by molar-refractivity contribution is 0.278. The molecule has 24 heavy (non-hydrogen) atoms. The highest BCUT2D eigenvalue weighted by atomic mass is 32.1. The Bertz CT molecular complexity index is 828. The van der Waals surface area contributed by atoms with Gasteiger partial charge in [-0.2, -0.15) is 0 Å². The van der Waals surface area contributed by atoms with Crippen LogP contribution >= 0.6 is 12.2 Å². The third-order valence-corrected chi connectivity index (χ3v) is 4.74. The van der Waals surface area contributed by atoms with Crippen LogP contribution in [0.2, 0.25) is 0 Å². The Hall–Kier alpha value is -2.60. The zero-order valence-corrected chi connectivity index (χ0v) is 14.1. The second-order valence-electron chi connectivity index (χ2n) is 5.88. The van der Waals surface area contributed by atoms with E-state index in [1.54, 1.807) is 6.26 Å². The van der Waals surface area contributed by atoms with E-state index in [4.69, 9.17) is 16.6 Å². The number of aryl methyl sites for hydroxylation is 1. The van der Waals surface area contributed by atoms with Crippen LogP contribution in [-0.4, -0.2) is 19.6 Å². The van der Waals surface area contributed by atoms with Crippen molar-refractivity contribution in [3.63, 3.8) is 0 Å². The molecule has 2 unspecified atom stereocenters. The number of nitrogens with zero attached hydrogens (tertiary/aromatic N) is 3. The molecule has 4 rings (SSSR count). The molecule has 4 heterocycles. The van der Waals surface area contributed by atoms with Crippen molar-refractivity contribution < 1.29 is 4.42 Å². The Morgan fingerprint density at radius 2 is 2.12 bits per heavy atom. The van der Waals surface area contributed by atoms with Gasteiger partial charge in [-0.05, 0) is 48.6 Å². The minimum absolute atomic E-state index is 0.00209. The predicted molar refractivity (Wildman–Crippen MR) is 95.1 cm³/mol. The molecule has 0 bridgehead atoms. The lowest BCUT2D eigenvalue weighted by Gasteiger charge is -2.27. The highest BCUT2D eigenvalue weighted by Crippen LogP contribution is 2.39. The monoisotopic (exact) mass is 338 g/mol. The van der Waals surface area contributed by atoms with E-state index < -0.39 is 0 Å². The number of furan rings is 1. The fourth-order valence-electron chi connectivity index (χ4n) is 3.25. The zero-order valence-electron chi connectivity index (χ0n) is 13.3. The summed E-state index contributed by atoms with van der Waals surface area (Å²) in [6, 6.07) is 14.1. The Morgan fingerprint density at radius 3 is 2.79 bits per heavy atom. The summed E-state index contributed by atoms with van der Waals surface area (Å²) in [5, 5.41) is 4.15. The Morgan fingerprint density at radius 1 is 1.21 bits per heavy atom. The summed E-state index contributed by atoms with van der Waals surface area (Å²) in [5.41, 5.74) is 2.16. The van der Waals surface area contributed by atoms with Gasteiger partial charge in [-0.25, -0.2) is 0 Å². The van der Waals surface area contributed by atoms with Crippen LogP contribution in [0.5, 0.6) is 0 Å². The Balaban J connectivity index is 1.75. The van der Waals surface area contributed by atoms with Crippen molar-refractivity contribution in [1.82, 2.24) is 19.8 Å². The average Bonchev–Trinajstić information content (AvgIpc) is 3.31. The van der Waals surface area contributed by atoms with Crippen molar-refractivity contribution in [2.75, 3.05) is 0 Å². The van der Waals surface area contributed by atoms with Gasteiger partial charge in [-0.15, -0.1) is 0 Å². The average molecular weight is 338 g/mol. The smallest absolute Gasteiger partial charge is 0.170 e. The maximum Gasteiger partial charge on any atom is 0.170 e. The molecule has 1 saturated heterocycles. The van der Waals surface area contributed by atoms with Gasteiger partial charge in [0.05, 0.1) is 30.6 Å². The van der Waals surface area contributed by atoms with E-state index in [9.17, 15) is 0 Å². The number of aromatic nitrogens is 2. The minimum Gasteiger partial charge on any atom is -0.467 e. The molecule has 3 aromatic heterocycles. The van der Waals surface area contributed by atoms with Crippen LogP contribution in [0.1, 0.15) is 29.2 Å². The highest BCUT2D eigenvalue weighted by Gasteiger charge is 2.41. The molecule has 2 atom stereocenters. The highest BCUT2D eigenvalue weighted by molar-refractivity contribution is 7.80. The molecule has 0 saturated carbocycles. The molecule has 0 radical (unpaired) electrons. The van der Waals surface area contributed by atoms with Gasteiger partial charge in [0.15, 0.2) is 5.11 Å². The third kappa shape index (κ3) is 2.59. The molecule has 1 aliphatic rings. The first-order chi connectivity index (χ1) is 11.7. The van der Waals surface area contributed by atoms with Gasteiger partial charge in [-0.1, -0.05) is 6.07 Å². The minimum atomic E-state index is 0.00209. The van der Waals surface area contributed by atoms with E-state index in [2.05, 4.69) is 45.1 Å². The van der Waals surface area contributed by atoms with Crippen LogP contribution < -0.4 is 5.32 Å². The summed E-state index contributed by atoms with van der Waals surface area (Å²) in [7, 11) is 2.05. The fourth-order valence-corrected chi connectivity index (χ4v) is 3.55. The third-order valence-electron chi connectivity index (χ3n) is 4.39. The first kappa shape index (κ1) is 15.0. The van der Waals surface area contributed by atoms with Crippen molar-refractivity contribution in [3.8, 4) is 0 Å². The van der Waals surface area contributed by atoms with Crippen LogP contribution in [0.25, 0.3) is 0 Å². The van der Waals surface area contributed by atoms with Gasteiger partial charge in [0, 0.05) is 25.1 Å². The van der Waals surface area contributed by atoms with Crippen molar-refractivity contribution in [2.24, 2.45) is 7.05 Å². The van der Waals surface area contributed by atoms with Gasteiger partial charge in [0.1, 0.15) is 5.76 Å². The lowest BCUT2D eigenvalue weighted by atomic mass is 10.0. The summed E-state index contributed by atoms with van der Waals surface area (Å²) in [6.45, 7) is 0.623. The van der Waals surface area contributed by atoms with Crippen molar-refractivity contribution in [2.45, 2.75) is 18.6 Å². The molecular formula is C18H18N4OS. The second-order valence-corrected chi connectivity index (χ2v) is 6.26. The molecule has 0 spiro atoms.